The molecule has 0 saturated carbocycles. The molecular formula is C13H20F6N2O4P+. The van der Waals surface area contributed by atoms with Crippen LogP contribution in [0.3, 0.4) is 0 Å². The Bertz CT molecular complexity index is 528. The first-order chi connectivity index (χ1) is 11.9. The Morgan fingerprint density at radius 3 is 2.08 bits per heavy atom. The Morgan fingerprint density at radius 2 is 1.62 bits per heavy atom. The molecule has 1 amide bonds. The van der Waals surface area contributed by atoms with E-state index in [1.807, 2.05) is 0 Å². The Balaban J connectivity index is 2.18. The summed E-state index contributed by atoms with van der Waals surface area (Å²) in [6.45, 7) is -3.25. The van der Waals surface area contributed by atoms with Crippen molar-refractivity contribution in [1.82, 2.24) is 4.90 Å². The monoisotopic (exact) mass is 413 g/mol. The molecule has 6 nitrogen and oxygen atoms in total. The maximum absolute atomic E-state index is 12.8. The molecule has 2 N–H and O–H groups in total. The van der Waals surface area contributed by atoms with Gasteiger partial charge in [-0.1, -0.05) is 0 Å². The van der Waals surface area contributed by atoms with E-state index in [-0.39, 0.29) is 19.4 Å². The minimum atomic E-state index is -4.90. The van der Waals surface area contributed by atoms with E-state index in [0.717, 1.165) is 11.3 Å². The molecule has 2 unspecified atom stereocenters. The molecule has 0 bridgehead atoms. The van der Waals surface area contributed by atoms with Crippen molar-refractivity contribution >= 4 is 13.5 Å². The molecule has 13 heteroatoms. The van der Waals surface area contributed by atoms with Crippen molar-refractivity contribution in [3.8, 4) is 0 Å². The van der Waals surface area contributed by atoms with Crippen LogP contribution < -0.4 is 5.32 Å². The van der Waals surface area contributed by atoms with Gasteiger partial charge in [-0.25, -0.2) is 0 Å². The van der Waals surface area contributed by atoms with Crippen LogP contribution in [0.15, 0.2) is 0 Å². The van der Waals surface area contributed by atoms with Crippen molar-refractivity contribution in [1.29, 1.82) is 0 Å². The highest BCUT2D eigenvalue weighted by molar-refractivity contribution is 7.54. The fourth-order valence-corrected chi connectivity index (χ4v) is 5.22. The Morgan fingerprint density at radius 1 is 1.04 bits per heavy atom. The van der Waals surface area contributed by atoms with E-state index in [4.69, 9.17) is 0 Å². The number of nitrogens with zero attached hydrogens (tertiary/aromatic N) is 1. The fraction of sp³-hybridized carbons (Fsp3) is 0.923. The second-order valence-electron chi connectivity index (χ2n) is 6.24. The van der Waals surface area contributed by atoms with Gasteiger partial charge in [0.15, 0.2) is 19.3 Å². The van der Waals surface area contributed by atoms with Crippen LogP contribution in [0.2, 0.25) is 0 Å². The molecule has 0 aromatic rings. The van der Waals surface area contributed by atoms with E-state index in [9.17, 15) is 35.7 Å². The zero-order valence-corrected chi connectivity index (χ0v) is 14.6. The number of halogens is 6. The number of hydrogen-bond donors (Lipinski definition) is 1. The van der Waals surface area contributed by atoms with Crippen molar-refractivity contribution in [3.05, 3.63) is 0 Å². The summed E-state index contributed by atoms with van der Waals surface area (Å²) >= 11 is 0. The molecule has 152 valence electrons. The minimum Gasteiger partial charge on any atom is -0.336 e. The summed E-state index contributed by atoms with van der Waals surface area (Å²) in [5.41, 5.74) is 0. The van der Waals surface area contributed by atoms with Crippen LogP contribution in [0.5, 0.6) is 0 Å². The lowest BCUT2D eigenvalue weighted by Gasteiger charge is -2.31. The highest BCUT2D eigenvalue weighted by atomic mass is 31.2. The fourth-order valence-electron chi connectivity index (χ4n) is 3.08. The van der Waals surface area contributed by atoms with Gasteiger partial charge in [0.2, 0.25) is 0 Å². The second kappa shape index (κ2) is 8.04. The SMILES string of the molecule is O=C(C1CCC[NH2+]1)N1CCCC1P(=O)(OCC(F)(F)F)OCC(F)(F)F. The number of nitrogens with two attached hydrogens (primary N) is 1. The molecule has 2 saturated heterocycles. The van der Waals surface area contributed by atoms with Crippen molar-refractivity contribution in [2.45, 2.75) is 49.9 Å². The predicted octanol–water partition coefficient (Wildman–Crippen LogP) is 2.01. The summed E-state index contributed by atoms with van der Waals surface area (Å²) in [7, 11) is -4.86. The van der Waals surface area contributed by atoms with E-state index in [1.165, 1.54) is 0 Å². The number of rotatable bonds is 6. The lowest BCUT2D eigenvalue weighted by atomic mass is 10.2. The first-order valence-electron chi connectivity index (χ1n) is 8.07. The van der Waals surface area contributed by atoms with E-state index in [0.29, 0.717) is 13.0 Å². The van der Waals surface area contributed by atoms with Gasteiger partial charge in [0.25, 0.3) is 5.91 Å². The van der Waals surface area contributed by atoms with Gasteiger partial charge in [0, 0.05) is 19.4 Å². The third kappa shape index (κ3) is 5.83. The highest BCUT2D eigenvalue weighted by Crippen LogP contribution is 2.58. The van der Waals surface area contributed by atoms with Crippen LogP contribution >= 0.6 is 7.60 Å². The highest BCUT2D eigenvalue weighted by Gasteiger charge is 2.50. The van der Waals surface area contributed by atoms with Crippen LogP contribution in [0.4, 0.5) is 26.3 Å². The topological polar surface area (TPSA) is 72.5 Å². The van der Waals surface area contributed by atoms with Gasteiger partial charge in [0.1, 0.15) is 5.78 Å². The first-order valence-corrected chi connectivity index (χ1v) is 9.69. The number of alkyl halides is 6. The van der Waals surface area contributed by atoms with Crippen LogP contribution in [0.1, 0.15) is 25.7 Å². The molecule has 2 aliphatic rings. The number of carbonyl (C=O) groups excluding carboxylic acids is 1. The van der Waals surface area contributed by atoms with Gasteiger partial charge >= 0.3 is 19.9 Å². The van der Waals surface area contributed by atoms with Gasteiger partial charge in [-0.05, 0) is 12.8 Å². The quantitative estimate of drug-likeness (QED) is 0.534. The number of amides is 1. The molecular weight excluding hydrogens is 393 g/mol. The second-order valence-corrected chi connectivity index (χ2v) is 8.44. The molecule has 2 aliphatic heterocycles. The summed E-state index contributed by atoms with van der Waals surface area (Å²) < 4.78 is 96.1. The van der Waals surface area contributed by atoms with Gasteiger partial charge < -0.3 is 10.2 Å². The lowest BCUT2D eigenvalue weighted by molar-refractivity contribution is -0.658. The maximum atomic E-state index is 12.8. The molecule has 0 radical (unpaired) electrons. The predicted molar refractivity (Wildman–Crippen MR) is 76.2 cm³/mol. The average Bonchev–Trinajstić information content (AvgIpc) is 3.20. The van der Waals surface area contributed by atoms with E-state index >= 15 is 0 Å². The third-order valence-corrected chi connectivity index (χ3v) is 6.42. The van der Waals surface area contributed by atoms with Crippen LogP contribution in [0.25, 0.3) is 0 Å². The number of carbonyl (C=O) groups is 1. The Hall–Kier alpha value is -0.840. The summed E-state index contributed by atoms with van der Waals surface area (Å²) in [6, 6.07) is -0.478. The summed E-state index contributed by atoms with van der Waals surface area (Å²) in [5.74, 6) is -1.91. The summed E-state index contributed by atoms with van der Waals surface area (Å²) in [4.78, 5) is 13.6. The van der Waals surface area contributed by atoms with Gasteiger partial charge in [-0.2, -0.15) is 26.3 Å². The maximum Gasteiger partial charge on any atom is 0.412 e. The molecule has 0 aromatic heterocycles. The summed E-state index contributed by atoms with van der Waals surface area (Å²) in [5, 5.41) is 1.75. The molecule has 0 spiro atoms. The van der Waals surface area contributed by atoms with Crippen LogP contribution in [-0.4, -0.2) is 61.3 Å². The molecule has 0 aromatic carbocycles. The first kappa shape index (κ1) is 21.5. The molecule has 2 atom stereocenters. The standard InChI is InChI=1S/C13H19F6N2O4P/c14-12(15,16)7-24-26(23,25-8-13(17,18)19)10-4-2-6-21(10)11(22)9-3-1-5-20-9/h9-10,20H,1-8H2/p+1. The van der Waals surface area contributed by atoms with Gasteiger partial charge in [0.05, 0.1) is 6.54 Å². The van der Waals surface area contributed by atoms with Crippen molar-refractivity contribution in [2.24, 2.45) is 0 Å². The minimum absolute atomic E-state index is 0.0501. The smallest absolute Gasteiger partial charge is 0.336 e. The molecule has 2 rings (SSSR count). The molecule has 2 fully saturated rings. The zero-order chi connectivity index (χ0) is 19.6. The number of hydrogen-bond acceptors (Lipinski definition) is 4. The molecule has 2 heterocycles. The van der Waals surface area contributed by atoms with Crippen LogP contribution in [-0.2, 0) is 18.4 Å². The van der Waals surface area contributed by atoms with Crippen LogP contribution in [0, 0.1) is 0 Å². The third-order valence-electron chi connectivity index (χ3n) is 4.17. The van der Waals surface area contributed by atoms with E-state index in [2.05, 4.69) is 9.05 Å². The molecule has 26 heavy (non-hydrogen) atoms. The van der Waals surface area contributed by atoms with E-state index < -0.39 is 50.9 Å². The number of quaternary nitrogens is 1. The average molecular weight is 413 g/mol. The Labute approximate surface area is 145 Å². The normalized spacial score (nSPS) is 25.1. The lowest BCUT2D eigenvalue weighted by Crippen LogP contribution is -2.89. The van der Waals surface area contributed by atoms with Gasteiger partial charge in [-0.15, -0.1) is 0 Å². The molecule has 0 aliphatic carbocycles. The zero-order valence-electron chi connectivity index (χ0n) is 13.7. The van der Waals surface area contributed by atoms with Gasteiger partial charge in [-0.3, -0.25) is 18.4 Å². The van der Waals surface area contributed by atoms with E-state index in [1.54, 1.807) is 5.32 Å². The Kier molecular flexibility index (Phi) is 6.63. The summed E-state index contributed by atoms with van der Waals surface area (Å²) in [6.07, 6.45) is -8.25. The number of likely N-dealkylation sites (tertiary alicyclic amines) is 1. The van der Waals surface area contributed by atoms with Crippen molar-refractivity contribution in [3.63, 3.8) is 0 Å². The van der Waals surface area contributed by atoms with Crippen molar-refractivity contribution < 1.29 is 50.1 Å². The van der Waals surface area contributed by atoms with Crippen molar-refractivity contribution in [2.75, 3.05) is 26.3 Å². The largest absolute Gasteiger partial charge is 0.412 e.